The molecule has 0 atom stereocenters. The molecule has 0 heterocycles. The molecule has 5 heteroatoms. The lowest BCUT2D eigenvalue weighted by molar-refractivity contribution is 0.899. The van der Waals surface area contributed by atoms with Crippen molar-refractivity contribution in [3.8, 4) is 0 Å². The van der Waals surface area contributed by atoms with E-state index in [9.17, 15) is 9.59 Å². The SMILES string of the molecule is CCCN=c1c(=O)c(NCCC)c(NCCC)c1=O. The van der Waals surface area contributed by atoms with E-state index < -0.39 is 0 Å². The number of nitrogens with zero attached hydrogens (tertiary/aromatic N) is 1. The Hall–Kier alpha value is -1.65. The van der Waals surface area contributed by atoms with E-state index in [1.807, 2.05) is 20.8 Å². The molecule has 1 rings (SSSR count). The molecule has 0 radical (unpaired) electrons. The second-order valence-electron chi connectivity index (χ2n) is 4.49. The summed E-state index contributed by atoms with van der Waals surface area (Å²) in [5.41, 5.74) is 0.223. The first kappa shape index (κ1) is 15.4. The van der Waals surface area contributed by atoms with Crippen LogP contribution in [-0.4, -0.2) is 19.6 Å². The quantitative estimate of drug-likeness (QED) is 0.742. The largest absolute Gasteiger partial charge is 0.380 e. The molecule has 1 aromatic rings. The van der Waals surface area contributed by atoms with Gasteiger partial charge in [0.15, 0.2) is 5.36 Å². The summed E-state index contributed by atoms with van der Waals surface area (Å²) in [5, 5.41) is 6.15. The van der Waals surface area contributed by atoms with E-state index in [1.165, 1.54) is 0 Å². The fourth-order valence-corrected chi connectivity index (χ4v) is 1.77. The summed E-state index contributed by atoms with van der Waals surface area (Å²) in [6, 6.07) is 0. The Morgan fingerprint density at radius 1 is 0.842 bits per heavy atom. The van der Waals surface area contributed by atoms with Gasteiger partial charge in [-0.2, -0.15) is 0 Å². The van der Waals surface area contributed by atoms with Crippen LogP contribution in [0.1, 0.15) is 40.0 Å². The van der Waals surface area contributed by atoms with E-state index in [1.54, 1.807) is 0 Å². The van der Waals surface area contributed by atoms with Crippen LogP contribution in [0.5, 0.6) is 0 Å². The predicted octanol–water partition coefficient (Wildman–Crippen LogP) is 1.24. The summed E-state index contributed by atoms with van der Waals surface area (Å²) < 4.78 is 0. The zero-order valence-corrected chi connectivity index (χ0v) is 12.0. The maximum absolute atomic E-state index is 12.2. The van der Waals surface area contributed by atoms with Crippen molar-refractivity contribution in [2.24, 2.45) is 4.99 Å². The zero-order chi connectivity index (χ0) is 14.3. The summed E-state index contributed by atoms with van der Waals surface area (Å²) in [5.74, 6) is 0. The van der Waals surface area contributed by atoms with Gasteiger partial charge < -0.3 is 10.6 Å². The van der Waals surface area contributed by atoms with Crippen LogP contribution in [0.25, 0.3) is 0 Å². The van der Waals surface area contributed by atoms with Gasteiger partial charge in [-0.3, -0.25) is 14.6 Å². The second kappa shape index (κ2) is 7.71. The smallest absolute Gasteiger partial charge is 0.233 e. The summed E-state index contributed by atoms with van der Waals surface area (Å²) in [6.07, 6.45) is 2.61. The molecule has 0 aliphatic rings. The van der Waals surface area contributed by atoms with Gasteiger partial charge in [0, 0.05) is 19.6 Å². The van der Waals surface area contributed by atoms with Gasteiger partial charge in [-0.15, -0.1) is 0 Å². The first-order chi connectivity index (χ1) is 9.17. The van der Waals surface area contributed by atoms with Crippen molar-refractivity contribution in [2.75, 3.05) is 30.3 Å². The highest BCUT2D eigenvalue weighted by molar-refractivity contribution is 5.69. The third kappa shape index (κ3) is 3.66. The van der Waals surface area contributed by atoms with E-state index in [0.717, 1.165) is 19.3 Å². The Balaban J connectivity index is 3.25. The van der Waals surface area contributed by atoms with Crippen LogP contribution in [-0.2, 0) is 0 Å². The topological polar surface area (TPSA) is 70.6 Å². The monoisotopic (exact) mass is 265 g/mol. The maximum Gasteiger partial charge on any atom is 0.233 e. The third-order valence-corrected chi connectivity index (χ3v) is 2.73. The molecular weight excluding hydrogens is 242 g/mol. The highest BCUT2D eigenvalue weighted by atomic mass is 16.1. The molecule has 0 aromatic heterocycles. The number of hydrogen-bond donors (Lipinski definition) is 2. The minimum absolute atomic E-state index is 0.0686. The van der Waals surface area contributed by atoms with E-state index >= 15 is 0 Å². The van der Waals surface area contributed by atoms with E-state index in [-0.39, 0.29) is 16.2 Å². The molecule has 0 saturated carbocycles. The van der Waals surface area contributed by atoms with Crippen LogP contribution in [0, 0.1) is 0 Å². The molecule has 0 bridgehead atoms. The summed E-state index contributed by atoms with van der Waals surface area (Å²) in [7, 11) is 0. The molecule has 0 fully saturated rings. The van der Waals surface area contributed by atoms with Crippen LogP contribution >= 0.6 is 0 Å². The zero-order valence-electron chi connectivity index (χ0n) is 12.0. The van der Waals surface area contributed by atoms with Crippen molar-refractivity contribution >= 4 is 11.4 Å². The van der Waals surface area contributed by atoms with Crippen LogP contribution in [0.2, 0.25) is 0 Å². The Morgan fingerprint density at radius 2 is 1.32 bits per heavy atom. The Kier molecular flexibility index (Phi) is 6.25. The second-order valence-corrected chi connectivity index (χ2v) is 4.49. The fraction of sp³-hybridized carbons (Fsp3) is 0.643. The third-order valence-electron chi connectivity index (χ3n) is 2.73. The molecule has 2 N–H and O–H groups in total. The van der Waals surface area contributed by atoms with Gasteiger partial charge in [-0.25, -0.2) is 0 Å². The highest BCUT2D eigenvalue weighted by Crippen LogP contribution is 2.10. The van der Waals surface area contributed by atoms with Crippen molar-refractivity contribution in [3.63, 3.8) is 0 Å². The molecule has 0 amide bonds. The average molecular weight is 265 g/mol. The predicted molar refractivity (Wildman–Crippen MR) is 79.6 cm³/mol. The first-order valence-electron chi connectivity index (χ1n) is 7.03. The lowest BCUT2D eigenvalue weighted by Gasteiger charge is -2.06. The van der Waals surface area contributed by atoms with Crippen molar-refractivity contribution in [1.82, 2.24) is 0 Å². The van der Waals surface area contributed by atoms with Crippen LogP contribution in [0.15, 0.2) is 14.6 Å². The van der Waals surface area contributed by atoms with Crippen molar-refractivity contribution in [2.45, 2.75) is 40.0 Å². The Morgan fingerprint density at radius 3 is 1.68 bits per heavy atom. The minimum atomic E-state index is -0.273. The summed E-state index contributed by atoms with van der Waals surface area (Å²) >= 11 is 0. The standard InChI is InChI=1S/C14H23N3O2/c1-4-7-15-10-11(16-8-5-2)14(19)12(13(10)18)17-9-6-3/h15-16H,4-9H2,1-3H3. The van der Waals surface area contributed by atoms with E-state index in [0.29, 0.717) is 31.0 Å². The molecule has 19 heavy (non-hydrogen) atoms. The summed E-state index contributed by atoms with van der Waals surface area (Å²) in [4.78, 5) is 28.5. The fourth-order valence-electron chi connectivity index (χ4n) is 1.77. The van der Waals surface area contributed by atoms with Crippen molar-refractivity contribution < 1.29 is 0 Å². The Labute approximate surface area is 113 Å². The molecule has 5 nitrogen and oxygen atoms in total. The van der Waals surface area contributed by atoms with Crippen LogP contribution in [0.4, 0.5) is 11.4 Å². The minimum Gasteiger partial charge on any atom is -0.380 e. The maximum atomic E-state index is 12.2. The van der Waals surface area contributed by atoms with E-state index in [2.05, 4.69) is 15.6 Å². The van der Waals surface area contributed by atoms with Gasteiger partial charge in [0.1, 0.15) is 11.4 Å². The van der Waals surface area contributed by atoms with Crippen molar-refractivity contribution in [1.29, 1.82) is 0 Å². The molecule has 0 aliphatic heterocycles. The number of anilines is 2. The molecule has 1 aromatic carbocycles. The lowest BCUT2D eigenvalue weighted by Crippen LogP contribution is -2.33. The number of rotatable bonds is 8. The Bertz CT molecular complexity index is 500. The number of hydrogen-bond acceptors (Lipinski definition) is 5. The van der Waals surface area contributed by atoms with Gasteiger partial charge in [0.25, 0.3) is 0 Å². The van der Waals surface area contributed by atoms with Gasteiger partial charge >= 0.3 is 0 Å². The molecular formula is C14H23N3O2. The molecule has 106 valence electrons. The van der Waals surface area contributed by atoms with Gasteiger partial charge in [-0.1, -0.05) is 20.8 Å². The average Bonchev–Trinajstić information content (AvgIpc) is 2.63. The van der Waals surface area contributed by atoms with Crippen LogP contribution in [0.3, 0.4) is 0 Å². The van der Waals surface area contributed by atoms with Crippen LogP contribution < -0.4 is 26.8 Å². The molecule has 0 saturated heterocycles. The van der Waals surface area contributed by atoms with Gasteiger partial charge in [0.05, 0.1) is 0 Å². The highest BCUT2D eigenvalue weighted by Gasteiger charge is 2.17. The normalized spacial score (nSPS) is 10.5. The summed E-state index contributed by atoms with van der Waals surface area (Å²) in [6.45, 7) is 7.85. The van der Waals surface area contributed by atoms with Crippen molar-refractivity contribution in [3.05, 3.63) is 25.8 Å². The number of nitrogens with one attached hydrogen (secondary N) is 2. The van der Waals surface area contributed by atoms with E-state index in [4.69, 9.17) is 0 Å². The molecule has 0 aliphatic carbocycles. The molecule has 0 unspecified atom stereocenters. The van der Waals surface area contributed by atoms with Gasteiger partial charge in [0.2, 0.25) is 10.9 Å². The van der Waals surface area contributed by atoms with Gasteiger partial charge in [-0.05, 0) is 19.3 Å². The lowest BCUT2D eigenvalue weighted by atomic mass is 10.3. The first-order valence-corrected chi connectivity index (χ1v) is 7.03. The molecule has 0 spiro atoms.